The Balaban J connectivity index is 2.01. The number of halogens is 1. The molecule has 0 aliphatic rings. The lowest BCUT2D eigenvalue weighted by Crippen LogP contribution is -2.37. The molecule has 1 unspecified atom stereocenters. The van der Waals surface area contributed by atoms with Crippen LogP contribution in [0.25, 0.3) is 11.3 Å². The van der Waals surface area contributed by atoms with Gasteiger partial charge in [-0.25, -0.2) is 0 Å². The van der Waals surface area contributed by atoms with Crippen LogP contribution in [-0.2, 0) is 16.1 Å². The SMILES string of the molecule is CC(C)C(C(=O)O)C(=O)NCc1cc(-c2ccc(Cl)cc2)no1. The van der Waals surface area contributed by atoms with Crippen molar-refractivity contribution in [3.05, 3.63) is 41.1 Å². The summed E-state index contributed by atoms with van der Waals surface area (Å²) in [4.78, 5) is 23.0. The van der Waals surface area contributed by atoms with Crippen LogP contribution in [0.2, 0.25) is 5.02 Å². The van der Waals surface area contributed by atoms with Crippen molar-refractivity contribution < 1.29 is 19.2 Å². The third-order valence-electron chi connectivity index (χ3n) is 3.35. The molecule has 23 heavy (non-hydrogen) atoms. The summed E-state index contributed by atoms with van der Waals surface area (Å²) in [7, 11) is 0. The van der Waals surface area contributed by atoms with Gasteiger partial charge >= 0.3 is 5.97 Å². The molecule has 0 aliphatic carbocycles. The predicted molar refractivity (Wildman–Crippen MR) is 84.8 cm³/mol. The van der Waals surface area contributed by atoms with Crippen LogP contribution in [0.4, 0.5) is 0 Å². The molecule has 2 N–H and O–H groups in total. The zero-order valence-electron chi connectivity index (χ0n) is 12.7. The number of carboxylic acid groups (broad SMARTS) is 1. The summed E-state index contributed by atoms with van der Waals surface area (Å²) in [5.41, 5.74) is 1.45. The highest BCUT2D eigenvalue weighted by molar-refractivity contribution is 6.30. The van der Waals surface area contributed by atoms with E-state index in [0.29, 0.717) is 16.5 Å². The molecule has 2 rings (SSSR count). The Morgan fingerprint density at radius 2 is 1.96 bits per heavy atom. The number of nitrogens with zero attached hydrogens (tertiary/aromatic N) is 1. The minimum atomic E-state index is -1.14. The molecule has 0 spiro atoms. The maximum atomic E-state index is 11.9. The van der Waals surface area contributed by atoms with Crippen LogP contribution in [-0.4, -0.2) is 22.1 Å². The number of carbonyl (C=O) groups is 2. The number of aliphatic carboxylic acids is 1. The van der Waals surface area contributed by atoms with E-state index in [1.165, 1.54) is 0 Å². The molecular weight excluding hydrogens is 320 g/mol. The largest absolute Gasteiger partial charge is 0.481 e. The number of aromatic nitrogens is 1. The van der Waals surface area contributed by atoms with Crippen molar-refractivity contribution in [1.29, 1.82) is 0 Å². The fraction of sp³-hybridized carbons (Fsp3) is 0.312. The molecular formula is C16H17ClN2O4. The summed E-state index contributed by atoms with van der Waals surface area (Å²) in [6, 6.07) is 8.79. The number of amides is 1. The van der Waals surface area contributed by atoms with Crippen LogP contribution >= 0.6 is 11.6 Å². The normalized spacial score (nSPS) is 12.2. The van der Waals surface area contributed by atoms with E-state index in [2.05, 4.69) is 10.5 Å². The molecule has 7 heteroatoms. The van der Waals surface area contributed by atoms with Gasteiger partial charge in [0.25, 0.3) is 0 Å². The van der Waals surface area contributed by atoms with Crippen molar-refractivity contribution in [1.82, 2.24) is 10.5 Å². The van der Waals surface area contributed by atoms with Gasteiger partial charge in [-0.3, -0.25) is 9.59 Å². The van der Waals surface area contributed by atoms with E-state index in [4.69, 9.17) is 21.2 Å². The topological polar surface area (TPSA) is 92.4 Å². The van der Waals surface area contributed by atoms with Crippen LogP contribution in [0.15, 0.2) is 34.9 Å². The average Bonchev–Trinajstić information content (AvgIpc) is 2.94. The first kappa shape index (κ1) is 17.0. The summed E-state index contributed by atoms with van der Waals surface area (Å²) in [5, 5.41) is 16.2. The third kappa shape index (κ3) is 4.32. The molecule has 1 aromatic heterocycles. The van der Waals surface area contributed by atoms with Gasteiger partial charge in [0, 0.05) is 16.7 Å². The van der Waals surface area contributed by atoms with Crippen LogP contribution in [0.5, 0.6) is 0 Å². The van der Waals surface area contributed by atoms with Crippen molar-refractivity contribution in [3.8, 4) is 11.3 Å². The van der Waals surface area contributed by atoms with E-state index in [1.807, 2.05) is 12.1 Å². The van der Waals surface area contributed by atoms with Gasteiger partial charge in [-0.05, 0) is 18.1 Å². The van der Waals surface area contributed by atoms with Crippen molar-refractivity contribution in [2.24, 2.45) is 11.8 Å². The van der Waals surface area contributed by atoms with Gasteiger partial charge < -0.3 is 14.9 Å². The first-order valence-corrected chi connectivity index (χ1v) is 7.48. The number of rotatable bonds is 6. The molecule has 0 radical (unpaired) electrons. The fourth-order valence-electron chi connectivity index (χ4n) is 2.14. The lowest BCUT2D eigenvalue weighted by Gasteiger charge is -2.15. The molecule has 0 saturated heterocycles. The maximum Gasteiger partial charge on any atom is 0.316 e. The second-order valence-corrected chi connectivity index (χ2v) is 5.90. The van der Waals surface area contributed by atoms with Crippen LogP contribution in [0.3, 0.4) is 0 Å². The monoisotopic (exact) mass is 336 g/mol. The number of carboxylic acids is 1. The minimum absolute atomic E-state index is 0.0793. The summed E-state index contributed by atoms with van der Waals surface area (Å²) < 4.78 is 5.16. The Bertz CT molecular complexity index is 694. The molecule has 6 nitrogen and oxygen atoms in total. The lowest BCUT2D eigenvalue weighted by molar-refractivity contribution is -0.148. The van der Waals surface area contributed by atoms with E-state index < -0.39 is 17.8 Å². The van der Waals surface area contributed by atoms with E-state index >= 15 is 0 Å². The number of carbonyl (C=O) groups excluding carboxylic acids is 1. The fourth-order valence-corrected chi connectivity index (χ4v) is 2.26. The van der Waals surface area contributed by atoms with Gasteiger partial charge in [0.1, 0.15) is 11.6 Å². The predicted octanol–water partition coefficient (Wildman–Crippen LogP) is 2.97. The zero-order valence-corrected chi connectivity index (χ0v) is 13.5. The molecule has 122 valence electrons. The molecule has 0 fully saturated rings. The Morgan fingerprint density at radius 1 is 1.30 bits per heavy atom. The van der Waals surface area contributed by atoms with Crippen molar-refractivity contribution in [3.63, 3.8) is 0 Å². The van der Waals surface area contributed by atoms with Crippen LogP contribution in [0.1, 0.15) is 19.6 Å². The van der Waals surface area contributed by atoms with Crippen molar-refractivity contribution >= 4 is 23.5 Å². The second-order valence-electron chi connectivity index (χ2n) is 5.46. The van der Waals surface area contributed by atoms with Gasteiger partial charge in [-0.2, -0.15) is 0 Å². The molecule has 0 aliphatic heterocycles. The maximum absolute atomic E-state index is 11.9. The van der Waals surface area contributed by atoms with E-state index in [1.54, 1.807) is 32.0 Å². The molecule has 2 aromatic rings. The molecule has 1 atom stereocenters. The van der Waals surface area contributed by atoms with Gasteiger partial charge in [-0.1, -0.05) is 42.7 Å². The van der Waals surface area contributed by atoms with Gasteiger partial charge in [0.05, 0.1) is 6.54 Å². The highest BCUT2D eigenvalue weighted by Crippen LogP contribution is 2.21. The smallest absolute Gasteiger partial charge is 0.316 e. The van der Waals surface area contributed by atoms with Crippen LogP contribution < -0.4 is 5.32 Å². The van der Waals surface area contributed by atoms with Gasteiger partial charge in [-0.15, -0.1) is 0 Å². The highest BCUT2D eigenvalue weighted by atomic mass is 35.5. The number of benzene rings is 1. The first-order valence-electron chi connectivity index (χ1n) is 7.10. The minimum Gasteiger partial charge on any atom is -0.481 e. The zero-order chi connectivity index (χ0) is 17.0. The molecule has 0 bridgehead atoms. The number of nitrogens with one attached hydrogen (secondary N) is 1. The molecule has 1 heterocycles. The summed E-state index contributed by atoms with van der Waals surface area (Å²) in [5.74, 6) is -2.63. The first-order chi connectivity index (χ1) is 10.9. The number of hydrogen-bond acceptors (Lipinski definition) is 4. The molecule has 1 aromatic carbocycles. The Morgan fingerprint density at radius 3 is 2.52 bits per heavy atom. The van der Waals surface area contributed by atoms with Gasteiger partial charge in [0.2, 0.25) is 5.91 Å². The second kappa shape index (κ2) is 7.28. The van der Waals surface area contributed by atoms with E-state index in [-0.39, 0.29) is 12.5 Å². The third-order valence-corrected chi connectivity index (χ3v) is 3.60. The van der Waals surface area contributed by atoms with Gasteiger partial charge in [0.15, 0.2) is 5.76 Å². The van der Waals surface area contributed by atoms with E-state index in [9.17, 15) is 9.59 Å². The Kier molecular flexibility index (Phi) is 5.39. The van der Waals surface area contributed by atoms with Crippen molar-refractivity contribution in [2.45, 2.75) is 20.4 Å². The Labute approximate surface area is 138 Å². The average molecular weight is 337 g/mol. The van der Waals surface area contributed by atoms with Crippen LogP contribution in [0, 0.1) is 11.8 Å². The van der Waals surface area contributed by atoms with Crippen molar-refractivity contribution in [2.75, 3.05) is 0 Å². The summed E-state index contributed by atoms with van der Waals surface area (Å²) >= 11 is 5.83. The summed E-state index contributed by atoms with van der Waals surface area (Å²) in [6.45, 7) is 3.45. The highest BCUT2D eigenvalue weighted by Gasteiger charge is 2.29. The Hall–Kier alpha value is -2.34. The lowest BCUT2D eigenvalue weighted by atomic mass is 9.95. The van der Waals surface area contributed by atoms with E-state index in [0.717, 1.165) is 5.56 Å². The standard InChI is InChI=1S/C16H17ClN2O4/c1-9(2)14(16(21)22)15(20)18-8-12-7-13(19-23-12)10-3-5-11(17)6-4-10/h3-7,9,14H,8H2,1-2H3,(H,18,20)(H,21,22). The molecule has 0 saturated carbocycles. The quantitative estimate of drug-likeness (QED) is 0.791. The summed E-state index contributed by atoms with van der Waals surface area (Å²) in [6.07, 6.45) is 0. The number of hydrogen-bond donors (Lipinski definition) is 2. The molecule has 1 amide bonds.